The number of aromatic amines is 1. The molecule has 17 nitrogen and oxygen atoms in total. The molecule has 6 atom stereocenters. The van der Waals surface area contributed by atoms with Gasteiger partial charge in [-0.15, -0.1) is 0 Å². The van der Waals surface area contributed by atoms with E-state index in [9.17, 15) is 38.4 Å². The van der Waals surface area contributed by atoms with Crippen LogP contribution in [0.25, 0.3) is 0 Å². The number of ether oxygens (including phenoxy) is 1. The molecule has 20 heteroatoms. The molecule has 0 bridgehead atoms. The summed E-state index contributed by atoms with van der Waals surface area (Å²) in [7, 11) is -16.8. The fraction of sp³-hybridized carbons (Fsp3) is 0.600. The number of hydrogen-bond acceptors (Lipinski definition) is 11. The minimum absolute atomic E-state index is 0.718. The Morgan fingerprint density at radius 2 is 1.77 bits per heavy atom. The molecule has 1 aliphatic rings. The average Bonchev–Trinajstić information content (AvgIpc) is 2.73. The van der Waals surface area contributed by atoms with Gasteiger partial charge in [0.1, 0.15) is 17.8 Å². The van der Waals surface area contributed by atoms with Gasteiger partial charge in [0.05, 0.1) is 6.61 Å². The van der Waals surface area contributed by atoms with E-state index < -0.39 is 65.4 Å². The Labute approximate surface area is 165 Å². The number of H-pyrrole nitrogens is 1. The van der Waals surface area contributed by atoms with Gasteiger partial charge in [0.25, 0.3) is 5.56 Å². The van der Waals surface area contributed by atoms with Gasteiger partial charge in [-0.05, 0) is 6.92 Å². The number of nitrogens with zero attached hydrogens (tertiary/aromatic N) is 1. The van der Waals surface area contributed by atoms with E-state index >= 15 is 0 Å². The van der Waals surface area contributed by atoms with Crippen molar-refractivity contribution in [3.63, 3.8) is 0 Å². The minimum Gasteiger partial charge on any atom is -0.387 e. The maximum absolute atomic E-state index is 11.9. The van der Waals surface area contributed by atoms with Crippen LogP contribution in [0.3, 0.4) is 0 Å². The molecule has 0 radical (unpaired) electrons. The second-order valence-corrected chi connectivity index (χ2v) is 10.5. The summed E-state index contributed by atoms with van der Waals surface area (Å²) in [5.41, 5.74) is -3.93. The third kappa shape index (κ3) is 6.24. The Bertz CT molecular complexity index is 1040. The lowest BCUT2D eigenvalue weighted by Gasteiger charge is -2.27. The molecule has 1 fully saturated rings. The van der Waals surface area contributed by atoms with Crippen LogP contribution in [0.1, 0.15) is 13.2 Å². The molecule has 1 aromatic rings. The zero-order valence-corrected chi connectivity index (χ0v) is 17.4. The summed E-state index contributed by atoms with van der Waals surface area (Å²) in [6, 6.07) is 0.923. The minimum atomic E-state index is -5.74. The summed E-state index contributed by atoms with van der Waals surface area (Å²) in [4.78, 5) is 60.3. The quantitative estimate of drug-likeness (QED) is 0.189. The maximum atomic E-state index is 11.9. The van der Waals surface area contributed by atoms with E-state index in [4.69, 9.17) is 19.4 Å². The summed E-state index contributed by atoms with van der Waals surface area (Å²) >= 11 is 0. The molecule has 2 unspecified atom stereocenters. The fourth-order valence-electron chi connectivity index (χ4n) is 2.46. The molecular weight excluding hydrogens is 481 g/mol. The van der Waals surface area contributed by atoms with Crippen LogP contribution in [-0.4, -0.2) is 63.8 Å². The summed E-state index contributed by atoms with van der Waals surface area (Å²) in [5, 5.41) is 20.6. The van der Waals surface area contributed by atoms with Crippen molar-refractivity contribution in [2.24, 2.45) is 0 Å². The van der Waals surface area contributed by atoms with Crippen LogP contribution in [0.15, 0.2) is 21.9 Å². The molecule has 0 aliphatic carbocycles. The third-order valence-corrected chi connectivity index (χ3v) is 7.48. The highest BCUT2D eigenvalue weighted by atomic mass is 31.3. The van der Waals surface area contributed by atoms with Crippen molar-refractivity contribution in [3.05, 3.63) is 33.1 Å². The maximum Gasteiger partial charge on any atom is 0.490 e. The fourth-order valence-corrected chi connectivity index (χ4v) is 5.49. The first-order valence-corrected chi connectivity index (χ1v) is 12.1. The highest BCUT2D eigenvalue weighted by Gasteiger charge is 2.54. The van der Waals surface area contributed by atoms with E-state index in [1.54, 1.807) is 0 Å². The Kier molecular flexibility index (Phi) is 7.14. The zero-order valence-electron chi connectivity index (χ0n) is 14.7. The van der Waals surface area contributed by atoms with E-state index in [2.05, 4.69) is 13.1 Å². The van der Waals surface area contributed by atoms with Gasteiger partial charge < -0.3 is 34.5 Å². The molecule has 30 heavy (non-hydrogen) atoms. The van der Waals surface area contributed by atoms with Gasteiger partial charge in [-0.3, -0.25) is 18.9 Å². The van der Waals surface area contributed by atoms with Crippen molar-refractivity contribution >= 4 is 23.5 Å². The second-order valence-electron chi connectivity index (χ2n) is 6.10. The summed E-state index contributed by atoms with van der Waals surface area (Å²) in [6.07, 6.45) is -4.08. The smallest absolute Gasteiger partial charge is 0.387 e. The summed E-state index contributed by atoms with van der Waals surface area (Å²) in [5.74, 6) is 0. The molecule has 1 aliphatic heterocycles. The van der Waals surface area contributed by atoms with Crippen LogP contribution < -0.4 is 11.2 Å². The SMILES string of the molecule is C[C@]1(O)[C@@H](O)[C@@H](COP(=O)(O)OP(=O)(O)OP(=O)(O)O)O[C@H]1n1ccc(=O)[nH]c1=O. The molecule has 2 rings (SSSR count). The van der Waals surface area contributed by atoms with Crippen molar-refractivity contribution in [2.45, 2.75) is 31.0 Å². The Hall–Kier alpha value is -1.03. The van der Waals surface area contributed by atoms with Gasteiger partial charge in [0.15, 0.2) is 6.23 Å². The largest absolute Gasteiger partial charge is 0.490 e. The van der Waals surface area contributed by atoms with Crippen molar-refractivity contribution < 1.29 is 61.4 Å². The van der Waals surface area contributed by atoms with Crippen LogP contribution >= 0.6 is 23.5 Å². The second kappa shape index (κ2) is 8.48. The number of aromatic nitrogens is 2. The van der Waals surface area contributed by atoms with Gasteiger partial charge in [-0.25, -0.2) is 18.5 Å². The Morgan fingerprint density at radius 3 is 2.30 bits per heavy atom. The molecule has 0 spiro atoms. The molecule has 172 valence electrons. The highest BCUT2D eigenvalue weighted by Crippen LogP contribution is 2.66. The normalized spacial score (nSPS) is 31.2. The van der Waals surface area contributed by atoms with Gasteiger partial charge in [0, 0.05) is 12.3 Å². The van der Waals surface area contributed by atoms with Crippen LogP contribution in [0.4, 0.5) is 0 Å². The molecular formula is C10H17N2O15P3. The number of aliphatic hydroxyl groups excluding tert-OH is 1. The van der Waals surface area contributed by atoms with Crippen molar-refractivity contribution in [2.75, 3.05) is 6.61 Å². The predicted octanol–water partition coefficient (Wildman–Crippen LogP) is -2.11. The van der Waals surface area contributed by atoms with Gasteiger partial charge in [-0.1, -0.05) is 0 Å². The van der Waals surface area contributed by atoms with Gasteiger partial charge in [-0.2, -0.15) is 8.62 Å². The first kappa shape index (κ1) is 25.2. The number of rotatable bonds is 8. The Morgan fingerprint density at radius 1 is 1.17 bits per heavy atom. The highest BCUT2D eigenvalue weighted by molar-refractivity contribution is 7.66. The predicted molar refractivity (Wildman–Crippen MR) is 91.7 cm³/mol. The van der Waals surface area contributed by atoms with Gasteiger partial charge in [0.2, 0.25) is 0 Å². The summed E-state index contributed by atoms with van der Waals surface area (Å²) in [6.45, 7) is -0.0136. The zero-order chi connectivity index (χ0) is 23.1. The van der Waals surface area contributed by atoms with Crippen LogP contribution in [-0.2, 0) is 31.6 Å². The van der Waals surface area contributed by atoms with Crippen LogP contribution in [0.5, 0.6) is 0 Å². The monoisotopic (exact) mass is 498 g/mol. The molecule has 1 saturated heterocycles. The topological polar surface area (TPSA) is 264 Å². The lowest BCUT2D eigenvalue weighted by atomic mass is 9.96. The molecule has 2 heterocycles. The van der Waals surface area contributed by atoms with E-state index in [1.807, 2.05) is 4.98 Å². The first-order chi connectivity index (χ1) is 13.4. The Balaban J connectivity index is 2.13. The molecule has 0 saturated carbocycles. The number of aliphatic hydroxyl groups is 2. The summed E-state index contributed by atoms with van der Waals surface area (Å²) < 4.78 is 50.9. The molecule has 0 aromatic carbocycles. The first-order valence-electron chi connectivity index (χ1n) is 7.59. The van der Waals surface area contributed by atoms with E-state index in [1.165, 1.54) is 0 Å². The van der Waals surface area contributed by atoms with Crippen LogP contribution in [0.2, 0.25) is 0 Å². The van der Waals surface area contributed by atoms with Crippen molar-refractivity contribution in [1.82, 2.24) is 9.55 Å². The number of hydrogen-bond donors (Lipinski definition) is 7. The number of phosphoric acid groups is 3. The van der Waals surface area contributed by atoms with E-state index in [0.29, 0.717) is 0 Å². The number of nitrogens with one attached hydrogen (secondary N) is 1. The van der Waals surface area contributed by atoms with Crippen molar-refractivity contribution in [3.8, 4) is 0 Å². The molecule has 1 aromatic heterocycles. The van der Waals surface area contributed by atoms with Crippen LogP contribution in [0, 0.1) is 0 Å². The molecule has 0 amide bonds. The van der Waals surface area contributed by atoms with Crippen molar-refractivity contribution in [1.29, 1.82) is 0 Å². The van der Waals surface area contributed by atoms with E-state index in [0.717, 1.165) is 23.8 Å². The lowest BCUT2D eigenvalue weighted by Crippen LogP contribution is -2.46. The molecule has 7 N–H and O–H groups in total. The van der Waals surface area contributed by atoms with Gasteiger partial charge >= 0.3 is 29.2 Å². The average molecular weight is 498 g/mol. The third-order valence-electron chi connectivity index (χ3n) is 3.68. The lowest BCUT2D eigenvalue weighted by molar-refractivity contribution is -0.0986. The van der Waals surface area contributed by atoms with E-state index in [-0.39, 0.29) is 0 Å². The standard InChI is InChI=1S/C10H17N2O15P3/c1-10(16)7(14)5(25-8(10)12-3-2-6(13)11-9(12)15)4-24-29(20,21)27-30(22,23)26-28(17,18)19/h2-3,5,7-8,14,16H,4H2,1H3,(H,20,21)(H,22,23)(H,11,13,15)(H2,17,18,19)/t5-,7+,8-,10+/m1/s1. The number of phosphoric ester groups is 1.